The molecule has 0 unspecified atom stereocenters. The van der Waals surface area contributed by atoms with Crippen molar-refractivity contribution in [3.8, 4) is 0 Å². The van der Waals surface area contributed by atoms with Gasteiger partial charge in [0, 0.05) is 1.43 Å². The van der Waals surface area contributed by atoms with Gasteiger partial charge in [-0.05, 0) is 64.2 Å². The maximum Gasteiger partial charge on any atom is 0.408 e. The lowest BCUT2D eigenvalue weighted by atomic mass is 9.86. The van der Waals surface area contributed by atoms with Gasteiger partial charge in [-0.1, -0.05) is 17.7 Å². The number of carbonyl (C=O) groups is 2. The summed E-state index contributed by atoms with van der Waals surface area (Å²) < 4.78 is 10.6. The Morgan fingerprint density at radius 3 is 2.84 bits per heavy atom. The minimum atomic E-state index is -0.524. The van der Waals surface area contributed by atoms with E-state index in [1.54, 1.807) is 12.2 Å². The summed E-state index contributed by atoms with van der Waals surface area (Å²) >= 11 is 0. The summed E-state index contributed by atoms with van der Waals surface area (Å²) in [6.45, 7) is 9.46. The van der Waals surface area contributed by atoms with Crippen molar-refractivity contribution in [3.05, 3.63) is 47.6 Å². The number of alkyl carbamates (subject to hydrolysis) is 1. The number of carbonyl (C=O) groups excluding carboxylic acids is 2. The Morgan fingerprint density at radius 2 is 2.16 bits per heavy atom. The third-order valence-corrected chi connectivity index (χ3v) is 3.95. The molecular weight excluding hydrogens is 318 g/mol. The quantitative estimate of drug-likeness (QED) is 0.459. The molecule has 0 radical (unpaired) electrons. The Balaban J connectivity index is 0.00000338. The van der Waals surface area contributed by atoms with Crippen molar-refractivity contribution in [3.63, 3.8) is 0 Å². The Morgan fingerprint density at radius 1 is 1.40 bits per heavy atom. The standard InChI is InChI=1S/C20H27NO4.H2/c1-5-6-11-24-18(22)16-9-8-15-12-14(13-16)7-10-17(15)21-19(23)25-20(2,3)4;/h5,8-9,13,17H,1,6-7,10-12H2,2-4H3,(H,21,23);1H/t17-;/m0./s1. The zero-order chi connectivity index (χ0) is 18.4. The van der Waals surface area contributed by atoms with Crippen LogP contribution >= 0.6 is 0 Å². The lowest BCUT2D eigenvalue weighted by molar-refractivity contribution is -0.138. The summed E-state index contributed by atoms with van der Waals surface area (Å²) in [7, 11) is 0. The lowest BCUT2D eigenvalue weighted by Crippen LogP contribution is -2.41. The van der Waals surface area contributed by atoms with Gasteiger partial charge in [-0.3, -0.25) is 0 Å². The van der Waals surface area contributed by atoms with E-state index in [4.69, 9.17) is 9.47 Å². The van der Waals surface area contributed by atoms with Crippen LogP contribution in [0.3, 0.4) is 0 Å². The topological polar surface area (TPSA) is 64.6 Å². The number of esters is 1. The normalized spacial score (nSPS) is 19.6. The van der Waals surface area contributed by atoms with E-state index in [1.165, 1.54) is 5.57 Å². The van der Waals surface area contributed by atoms with E-state index >= 15 is 0 Å². The molecule has 2 aliphatic carbocycles. The minimum Gasteiger partial charge on any atom is -0.462 e. The van der Waals surface area contributed by atoms with Gasteiger partial charge in [0.1, 0.15) is 5.60 Å². The van der Waals surface area contributed by atoms with Crippen LogP contribution in [0, 0.1) is 0 Å². The molecule has 0 heterocycles. The highest BCUT2D eigenvalue weighted by Crippen LogP contribution is 2.32. The monoisotopic (exact) mass is 347 g/mol. The smallest absolute Gasteiger partial charge is 0.408 e. The van der Waals surface area contributed by atoms with Gasteiger partial charge in [0.2, 0.25) is 0 Å². The van der Waals surface area contributed by atoms with Gasteiger partial charge in [0.05, 0.1) is 18.2 Å². The Bertz CT molecular complexity index is 641. The third-order valence-electron chi connectivity index (χ3n) is 3.95. The Hall–Kier alpha value is -2.30. The van der Waals surface area contributed by atoms with Crippen LogP contribution in [0.1, 0.15) is 47.9 Å². The van der Waals surface area contributed by atoms with E-state index in [0.717, 1.165) is 24.8 Å². The van der Waals surface area contributed by atoms with Crippen molar-refractivity contribution < 1.29 is 20.5 Å². The number of amides is 1. The van der Waals surface area contributed by atoms with Crippen LogP contribution in [-0.2, 0) is 14.3 Å². The summed E-state index contributed by atoms with van der Waals surface area (Å²) in [5.41, 5.74) is 2.28. The van der Waals surface area contributed by atoms with Gasteiger partial charge in [0.15, 0.2) is 0 Å². The highest BCUT2D eigenvalue weighted by Gasteiger charge is 2.27. The van der Waals surface area contributed by atoms with E-state index < -0.39 is 11.7 Å². The van der Waals surface area contributed by atoms with Crippen molar-refractivity contribution in [1.29, 1.82) is 0 Å². The summed E-state index contributed by atoms with van der Waals surface area (Å²) in [6, 6.07) is -0.0700. The maximum absolute atomic E-state index is 12.1. The van der Waals surface area contributed by atoms with Crippen LogP contribution in [0.2, 0.25) is 0 Å². The van der Waals surface area contributed by atoms with Crippen molar-refractivity contribution in [2.45, 2.75) is 58.1 Å². The number of hydrogen-bond acceptors (Lipinski definition) is 4. The highest BCUT2D eigenvalue weighted by molar-refractivity contribution is 5.92. The predicted octanol–water partition coefficient (Wildman–Crippen LogP) is 4.22. The Labute approximate surface area is 150 Å². The molecule has 0 aromatic rings. The van der Waals surface area contributed by atoms with E-state index in [1.807, 2.05) is 32.9 Å². The SMILES string of the molecule is C=CCCOC(=O)C1=CC=C2CC(=C1)CC[C@@H]2NC(=O)OC(C)(C)C.[HH]. The largest absolute Gasteiger partial charge is 0.462 e. The average molecular weight is 347 g/mol. The summed E-state index contributed by atoms with van der Waals surface area (Å²) in [5.74, 6) is -0.324. The zero-order valence-corrected chi connectivity index (χ0v) is 15.3. The molecule has 0 aromatic heterocycles. The van der Waals surface area contributed by atoms with Gasteiger partial charge in [-0.25, -0.2) is 9.59 Å². The van der Waals surface area contributed by atoms with Crippen LogP contribution in [0.4, 0.5) is 4.79 Å². The molecule has 5 nitrogen and oxygen atoms in total. The molecule has 0 spiro atoms. The highest BCUT2D eigenvalue weighted by atomic mass is 16.6. The van der Waals surface area contributed by atoms with Crippen molar-refractivity contribution in [2.75, 3.05) is 6.61 Å². The summed E-state index contributed by atoms with van der Waals surface area (Å²) in [5, 5.41) is 2.93. The van der Waals surface area contributed by atoms with Crippen molar-refractivity contribution in [1.82, 2.24) is 5.32 Å². The van der Waals surface area contributed by atoms with Crippen LogP contribution in [0.15, 0.2) is 47.6 Å². The molecule has 138 valence electrons. The van der Waals surface area contributed by atoms with Gasteiger partial charge >= 0.3 is 12.1 Å². The molecular formula is C20H29NO4. The second-order valence-corrected chi connectivity index (χ2v) is 7.29. The van der Waals surface area contributed by atoms with Gasteiger partial charge < -0.3 is 14.8 Å². The number of ether oxygens (including phenoxy) is 2. The van der Waals surface area contributed by atoms with Gasteiger partial charge in [-0.2, -0.15) is 0 Å². The summed E-state index contributed by atoms with van der Waals surface area (Å²) in [4.78, 5) is 24.2. The second-order valence-electron chi connectivity index (χ2n) is 7.29. The number of fused-ring (bicyclic) bond motifs is 2. The molecule has 1 N–H and O–H groups in total. The first kappa shape index (κ1) is 19.0. The Kier molecular flexibility index (Phi) is 6.23. The van der Waals surface area contributed by atoms with E-state index in [0.29, 0.717) is 18.6 Å². The first-order valence-electron chi connectivity index (χ1n) is 8.66. The second kappa shape index (κ2) is 8.19. The number of hydrogen-bond donors (Lipinski definition) is 1. The first-order valence-corrected chi connectivity index (χ1v) is 8.66. The predicted molar refractivity (Wildman–Crippen MR) is 99.1 cm³/mol. The fourth-order valence-electron chi connectivity index (χ4n) is 2.81. The maximum atomic E-state index is 12.1. The molecule has 2 rings (SSSR count). The molecule has 1 fully saturated rings. The van der Waals surface area contributed by atoms with E-state index in [2.05, 4.69) is 11.9 Å². The van der Waals surface area contributed by atoms with E-state index in [-0.39, 0.29) is 13.4 Å². The van der Waals surface area contributed by atoms with Crippen LogP contribution in [-0.4, -0.2) is 30.3 Å². The van der Waals surface area contributed by atoms with Gasteiger partial charge in [-0.15, -0.1) is 6.58 Å². The zero-order valence-electron chi connectivity index (χ0n) is 15.3. The van der Waals surface area contributed by atoms with Crippen molar-refractivity contribution >= 4 is 12.1 Å². The minimum absolute atomic E-state index is 0. The molecule has 0 aromatic carbocycles. The molecule has 1 amide bonds. The third kappa shape index (κ3) is 5.93. The molecule has 1 atom stereocenters. The number of allylic oxidation sites excluding steroid dienone is 3. The van der Waals surface area contributed by atoms with Crippen LogP contribution in [0.5, 0.6) is 0 Å². The van der Waals surface area contributed by atoms with Crippen molar-refractivity contribution in [2.24, 2.45) is 0 Å². The molecule has 1 saturated carbocycles. The fourth-order valence-corrected chi connectivity index (χ4v) is 2.81. The first-order chi connectivity index (χ1) is 11.8. The number of nitrogens with one attached hydrogen (secondary N) is 1. The summed E-state index contributed by atoms with van der Waals surface area (Å²) in [6.07, 6.45) is 9.90. The van der Waals surface area contributed by atoms with Crippen LogP contribution in [0.25, 0.3) is 0 Å². The molecule has 5 heteroatoms. The van der Waals surface area contributed by atoms with E-state index in [9.17, 15) is 9.59 Å². The number of rotatable bonds is 5. The molecule has 2 aliphatic rings. The fraction of sp³-hybridized carbons (Fsp3) is 0.500. The average Bonchev–Trinajstić information content (AvgIpc) is 2.68. The van der Waals surface area contributed by atoms with Crippen LogP contribution < -0.4 is 5.32 Å². The molecule has 2 bridgehead atoms. The van der Waals surface area contributed by atoms with Gasteiger partial charge in [0.25, 0.3) is 0 Å². The molecule has 25 heavy (non-hydrogen) atoms. The molecule has 0 saturated heterocycles. The molecule has 0 aliphatic heterocycles. The lowest BCUT2D eigenvalue weighted by Gasteiger charge is -2.29.